The maximum Gasteiger partial charge on any atom is 0.209 e. The van der Waals surface area contributed by atoms with Crippen LogP contribution in [0.3, 0.4) is 0 Å². The van der Waals surface area contributed by atoms with Crippen molar-refractivity contribution in [2.24, 2.45) is 0 Å². The molecule has 4 rings (SSSR count). The van der Waals surface area contributed by atoms with Gasteiger partial charge in [0.25, 0.3) is 0 Å². The van der Waals surface area contributed by atoms with E-state index in [1.165, 1.54) is 0 Å². The minimum absolute atomic E-state index is 0.0597. The first-order valence-corrected chi connectivity index (χ1v) is 9.17. The van der Waals surface area contributed by atoms with E-state index in [2.05, 4.69) is 4.98 Å². The Labute approximate surface area is 168 Å². The second-order valence-electron chi connectivity index (χ2n) is 6.59. The second-order valence-corrected chi connectivity index (χ2v) is 6.59. The van der Waals surface area contributed by atoms with Gasteiger partial charge in [0, 0.05) is 16.5 Å². The molecule has 5 nitrogen and oxygen atoms in total. The molecule has 5 heteroatoms. The number of nitrogens with one attached hydrogen (secondary N) is 1. The standard InChI is InChI=1S/C24H21NO4/c1-27-21-13-18(14-22(28-2)24(21)29-3)15-8-6-9-17(11-15)23(26)20-12-16-7-4-5-10-19(16)25-20/h4-14,25H,1-3H3. The van der Waals surface area contributed by atoms with E-state index >= 15 is 0 Å². The minimum atomic E-state index is -0.0597. The van der Waals surface area contributed by atoms with E-state index in [1.807, 2.05) is 66.7 Å². The lowest BCUT2D eigenvalue weighted by molar-refractivity contribution is 0.103. The fourth-order valence-corrected chi connectivity index (χ4v) is 3.44. The first-order chi connectivity index (χ1) is 14.1. The molecule has 3 aromatic carbocycles. The van der Waals surface area contributed by atoms with Gasteiger partial charge in [-0.25, -0.2) is 0 Å². The molecule has 0 atom stereocenters. The van der Waals surface area contributed by atoms with Crippen LogP contribution in [0.15, 0.2) is 66.7 Å². The Morgan fingerprint density at radius 3 is 2.14 bits per heavy atom. The van der Waals surface area contributed by atoms with Gasteiger partial charge >= 0.3 is 0 Å². The Balaban J connectivity index is 1.74. The van der Waals surface area contributed by atoms with Gasteiger partial charge in [-0.3, -0.25) is 4.79 Å². The van der Waals surface area contributed by atoms with Crippen molar-refractivity contribution in [1.29, 1.82) is 0 Å². The van der Waals surface area contributed by atoms with Crippen LogP contribution in [-0.4, -0.2) is 32.1 Å². The summed E-state index contributed by atoms with van der Waals surface area (Å²) in [5.74, 6) is 1.60. The number of aromatic amines is 1. The third kappa shape index (κ3) is 3.43. The average Bonchev–Trinajstić information content (AvgIpc) is 3.21. The molecule has 0 amide bonds. The Hall–Kier alpha value is -3.73. The molecule has 0 radical (unpaired) electrons. The number of carbonyl (C=O) groups is 1. The fraction of sp³-hybridized carbons (Fsp3) is 0.125. The van der Waals surface area contributed by atoms with Crippen LogP contribution in [-0.2, 0) is 0 Å². The normalized spacial score (nSPS) is 10.7. The number of rotatable bonds is 6. The molecule has 1 aromatic heterocycles. The molecule has 0 aliphatic carbocycles. The van der Waals surface area contributed by atoms with Gasteiger partial charge in [-0.1, -0.05) is 36.4 Å². The Morgan fingerprint density at radius 1 is 0.759 bits per heavy atom. The number of benzene rings is 3. The number of hydrogen-bond donors (Lipinski definition) is 1. The molecule has 29 heavy (non-hydrogen) atoms. The summed E-state index contributed by atoms with van der Waals surface area (Å²) in [4.78, 5) is 16.2. The van der Waals surface area contributed by atoms with Crippen molar-refractivity contribution in [3.63, 3.8) is 0 Å². The molecule has 1 N–H and O–H groups in total. The number of methoxy groups -OCH3 is 3. The van der Waals surface area contributed by atoms with Gasteiger partial charge in [0.1, 0.15) is 0 Å². The minimum Gasteiger partial charge on any atom is -0.493 e. The lowest BCUT2D eigenvalue weighted by atomic mass is 9.99. The van der Waals surface area contributed by atoms with Gasteiger partial charge in [0.05, 0.1) is 27.0 Å². The van der Waals surface area contributed by atoms with Gasteiger partial charge in [0.15, 0.2) is 11.5 Å². The van der Waals surface area contributed by atoms with Crippen LogP contribution in [0, 0.1) is 0 Å². The van der Waals surface area contributed by atoms with E-state index in [0.29, 0.717) is 28.5 Å². The number of fused-ring (bicyclic) bond motifs is 1. The first kappa shape index (κ1) is 18.6. The number of ketones is 1. The smallest absolute Gasteiger partial charge is 0.209 e. The van der Waals surface area contributed by atoms with Gasteiger partial charge in [0.2, 0.25) is 11.5 Å². The predicted octanol–water partition coefficient (Wildman–Crippen LogP) is 5.09. The van der Waals surface area contributed by atoms with Crippen LogP contribution in [0.2, 0.25) is 0 Å². The summed E-state index contributed by atoms with van der Waals surface area (Å²) < 4.78 is 16.3. The molecule has 0 unspecified atom stereocenters. The summed E-state index contributed by atoms with van der Waals surface area (Å²) >= 11 is 0. The van der Waals surface area contributed by atoms with Crippen LogP contribution in [0.1, 0.15) is 16.1 Å². The highest BCUT2D eigenvalue weighted by Gasteiger charge is 2.16. The van der Waals surface area contributed by atoms with Crippen LogP contribution < -0.4 is 14.2 Å². The average molecular weight is 387 g/mol. The van der Waals surface area contributed by atoms with Gasteiger partial charge in [-0.15, -0.1) is 0 Å². The zero-order chi connectivity index (χ0) is 20.4. The van der Waals surface area contributed by atoms with Crippen LogP contribution >= 0.6 is 0 Å². The third-order valence-electron chi connectivity index (χ3n) is 4.90. The van der Waals surface area contributed by atoms with Crippen molar-refractivity contribution in [3.05, 3.63) is 78.0 Å². The van der Waals surface area contributed by atoms with E-state index < -0.39 is 0 Å². The Morgan fingerprint density at radius 2 is 1.48 bits per heavy atom. The van der Waals surface area contributed by atoms with Crippen molar-refractivity contribution < 1.29 is 19.0 Å². The highest BCUT2D eigenvalue weighted by Crippen LogP contribution is 2.41. The summed E-state index contributed by atoms with van der Waals surface area (Å²) in [5.41, 5.74) is 3.85. The maximum absolute atomic E-state index is 13.0. The van der Waals surface area contributed by atoms with Crippen molar-refractivity contribution in [2.75, 3.05) is 21.3 Å². The van der Waals surface area contributed by atoms with Crippen LogP contribution in [0.5, 0.6) is 17.2 Å². The number of hydrogen-bond acceptors (Lipinski definition) is 4. The Kier molecular flexibility index (Phi) is 4.96. The SMILES string of the molecule is COc1cc(-c2cccc(C(=O)c3cc4ccccc4[nH]3)c2)cc(OC)c1OC. The molecule has 4 aromatic rings. The molecular formula is C24H21NO4. The number of carbonyl (C=O) groups excluding carboxylic acids is 1. The highest BCUT2D eigenvalue weighted by molar-refractivity contribution is 6.10. The first-order valence-electron chi connectivity index (χ1n) is 9.17. The van der Waals surface area contributed by atoms with Crippen LogP contribution in [0.25, 0.3) is 22.0 Å². The predicted molar refractivity (Wildman–Crippen MR) is 113 cm³/mol. The van der Waals surface area contributed by atoms with Gasteiger partial charge < -0.3 is 19.2 Å². The van der Waals surface area contributed by atoms with Crippen molar-refractivity contribution in [2.45, 2.75) is 0 Å². The van der Waals surface area contributed by atoms with E-state index in [-0.39, 0.29) is 5.78 Å². The highest BCUT2D eigenvalue weighted by atomic mass is 16.5. The van der Waals surface area contributed by atoms with E-state index in [9.17, 15) is 4.79 Å². The second kappa shape index (κ2) is 7.72. The molecule has 0 spiro atoms. The summed E-state index contributed by atoms with van der Waals surface area (Å²) in [5, 5.41) is 1.01. The molecule has 0 aliphatic rings. The molecular weight excluding hydrogens is 366 g/mol. The number of H-pyrrole nitrogens is 1. The zero-order valence-electron chi connectivity index (χ0n) is 16.5. The molecule has 0 fully saturated rings. The monoisotopic (exact) mass is 387 g/mol. The quantitative estimate of drug-likeness (QED) is 0.468. The van der Waals surface area contributed by atoms with E-state index in [0.717, 1.165) is 22.0 Å². The molecule has 0 saturated carbocycles. The molecule has 146 valence electrons. The Bertz CT molecular complexity index is 1130. The van der Waals surface area contributed by atoms with Crippen molar-refractivity contribution in [3.8, 4) is 28.4 Å². The van der Waals surface area contributed by atoms with E-state index in [1.54, 1.807) is 21.3 Å². The summed E-state index contributed by atoms with van der Waals surface area (Å²) in [6, 6.07) is 21.0. The lowest BCUT2D eigenvalue weighted by Gasteiger charge is -2.14. The van der Waals surface area contributed by atoms with Crippen molar-refractivity contribution >= 4 is 16.7 Å². The lowest BCUT2D eigenvalue weighted by Crippen LogP contribution is -2.02. The molecule has 0 bridgehead atoms. The third-order valence-corrected chi connectivity index (χ3v) is 4.90. The summed E-state index contributed by atoms with van der Waals surface area (Å²) in [6.07, 6.45) is 0. The number of para-hydroxylation sites is 1. The number of aromatic nitrogens is 1. The molecule has 0 aliphatic heterocycles. The summed E-state index contributed by atoms with van der Waals surface area (Å²) in [7, 11) is 4.73. The maximum atomic E-state index is 13.0. The molecule has 0 saturated heterocycles. The van der Waals surface area contributed by atoms with E-state index in [4.69, 9.17) is 14.2 Å². The zero-order valence-corrected chi connectivity index (χ0v) is 16.5. The van der Waals surface area contributed by atoms with Gasteiger partial charge in [-0.2, -0.15) is 0 Å². The van der Waals surface area contributed by atoms with Crippen molar-refractivity contribution in [1.82, 2.24) is 4.98 Å². The summed E-state index contributed by atoms with van der Waals surface area (Å²) in [6.45, 7) is 0. The topological polar surface area (TPSA) is 60.6 Å². The fourth-order valence-electron chi connectivity index (χ4n) is 3.44. The number of ether oxygens (including phenoxy) is 3. The largest absolute Gasteiger partial charge is 0.493 e. The van der Waals surface area contributed by atoms with Gasteiger partial charge in [-0.05, 0) is 41.5 Å². The van der Waals surface area contributed by atoms with Crippen LogP contribution in [0.4, 0.5) is 0 Å². The molecule has 1 heterocycles.